The van der Waals surface area contributed by atoms with Crippen LogP contribution in [0.2, 0.25) is 0 Å². The van der Waals surface area contributed by atoms with E-state index in [9.17, 15) is 14.0 Å². The molecule has 2 aromatic carbocycles. The van der Waals surface area contributed by atoms with Gasteiger partial charge in [-0.15, -0.1) is 0 Å². The molecule has 5 heteroatoms. The van der Waals surface area contributed by atoms with Crippen LogP contribution < -0.4 is 10.9 Å². The van der Waals surface area contributed by atoms with Crippen molar-refractivity contribution in [2.24, 2.45) is 0 Å². The molecule has 0 saturated heterocycles. The molecule has 4 nitrogen and oxygen atoms in total. The van der Waals surface area contributed by atoms with Crippen molar-refractivity contribution in [3.05, 3.63) is 81.4 Å². The van der Waals surface area contributed by atoms with Crippen molar-refractivity contribution in [1.82, 2.24) is 10.3 Å². The molecule has 0 aliphatic heterocycles. The lowest BCUT2D eigenvalue weighted by molar-refractivity contribution is 0.0954. The number of hydrogen-bond acceptors (Lipinski definition) is 2. The Labute approximate surface area is 138 Å². The minimum absolute atomic E-state index is 0.146. The van der Waals surface area contributed by atoms with E-state index in [-0.39, 0.29) is 17.3 Å². The first kappa shape index (κ1) is 15.9. The molecular formula is C19H17FN2O2. The van der Waals surface area contributed by atoms with Crippen LogP contribution in [0.3, 0.4) is 0 Å². The first-order valence-corrected chi connectivity index (χ1v) is 7.70. The van der Waals surface area contributed by atoms with Crippen LogP contribution >= 0.6 is 0 Å². The number of fused-ring (bicyclic) bond motifs is 1. The Bertz CT molecular complexity index is 946. The number of amides is 1. The van der Waals surface area contributed by atoms with E-state index in [0.29, 0.717) is 24.1 Å². The Balaban J connectivity index is 1.69. The van der Waals surface area contributed by atoms with E-state index in [1.54, 1.807) is 0 Å². The topological polar surface area (TPSA) is 62.0 Å². The number of aromatic nitrogens is 1. The molecule has 0 aliphatic rings. The average Bonchev–Trinajstić information content (AvgIpc) is 2.57. The lowest BCUT2D eigenvalue weighted by Crippen LogP contribution is -2.27. The molecule has 1 aromatic heterocycles. The summed E-state index contributed by atoms with van der Waals surface area (Å²) < 4.78 is 12.9. The second-order valence-corrected chi connectivity index (χ2v) is 5.68. The van der Waals surface area contributed by atoms with Crippen LogP contribution in [0.5, 0.6) is 0 Å². The monoisotopic (exact) mass is 324 g/mol. The summed E-state index contributed by atoms with van der Waals surface area (Å²) in [6, 6.07) is 13.0. The van der Waals surface area contributed by atoms with E-state index >= 15 is 0 Å². The van der Waals surface area contributed by atoms with Gasteiger partial charge in [-0.05, 0) is 54.6 Å². The van der Waals surface area contributed by atoms with E-state index in [1.807, 2.05) is 31.2 Å². The second-order valence-electron chi connectivity index (χ2n) is 5.68. The van der Waals surface area contributed by atoms with Gasteiger partial charge in [-0.25, -0.2) is 4.39 Å². The van der Waals surface area contributed by atoms with E-state index in [2.05, 4.69) is 10.3 Å². The summed E-state index contributed by atoms with van der Waals surface area (Å²) >= 11 is 0. The van der Waals surface area contributed by atoms with Crippen LogP contribution in [0, 0.1) is 12.7 Å². The molecule has 0 spiro atoms. The van der Waals surface area contributed by atoms with E-state index in [0.717, 1.165) is 16.5 Å². The minimum atomic E-state index is -0.385. The summed E-state index contributed by atoms with van der Waals surface area (Å²) in [5.41, 5.74) is 2.71. The standard InChI is InChI=1S/C19H17FN2O2/c1-12-3-2-4-14-11-15(19(24)22-17(12)14)9-10-21-18(23)13-5-7-16(20)8-6-13/h2-8,11H,9-10H2,1H3,(H,21,23)(H,22,24). The van der Waals surface area contributed by atoms with Gasteiger partial charge < -0.3 is 10.3 Å². The maximum Gasteiger partial charge on any atom is 0.251 e. The third-order valence-corrected chi connectivity index (χ3v) is 3.95. The minimum Gasteiger partial charge on any atom is -0.352 e. The molecule has 0 unspecified atom stereocenters. The van der Waals surface area contributed by atoms with Gasteiger partial charge in [-0.2, -0.15) is 0 Å². The summed E-state index contributed by atoms with van der Waals surface area (Å²) in [4.78, 5) is 27.0. The number of rotatable bonds is 4. The van der Waals surface area contributed by atoms with E-state index < -0.39 is 0 Å². The van der Waals surface area contributed by atoms with Gasteiger partial charge in [-0.3, -0.25) is 9.59 Å². The van der Waals surface area contributed by atoms with Gasteiger partial charge in [0.25, 0.3) is 11.5 Å². The summed E-state index contributed by atoms with van der Waals surface area (Å²) in [6.07, 6.45) is 0.423. The number of halogens is 1. The summed E-state index contributed by atoms with van der Waals surface area (Å²) in [5, 5.41) is 3.71. The van der Waals surface area contributed by atoms with Crippen LogP contribution in [0.1, 0.15) is 21.5 Å². The highest BCUT2D eigenvalue weighted by Gasteiger charge is 2.07. The molecule has 24 heavy (non-hydrogen) atoms. The number of H-pyrrole nitrogens is 1. The molecule has 0 aliphatic carbocycles. The molecule has 2 N–H and O–H groups in total. The van der Waals surface area contributed by atoms with E-state index in [4.69, 9.17) is 0 Å². The van der Waals surface area contributed by atoms with Crippen LogP contribution in [-0.4, -0.2) is 17.4 Å². The molecule has 0 atom stereocenters. The fourth-order valence-electron chi connectivity index (χ4n) is 2.63. The fourth-order valence-corrected chi connectivity index (χ4v) is 2.63. The number of carbonyl (C=O) groups excluding carboxylic acids is 1. The number of hydrogen-bond donors (Lipinski definition) is 2. The molecule has 0 radical (unpaired) electrons. The Hall–Kier alpha value is -2.95. The molecule has 3 aromatic rings. The number of aromatic amines is 1. The van der Waals surface area contributed by atoms with Gasteiger partial charge in [0.2, 0.25) is 0 Å². The smallest absolute Gasteiger partial charge is 0.251 e. The van der Waals surface area contributed by atoms with Crippen LogP contribution in [0.4, 0.5) is 4.39 Å². The third kappa shape index (κ3) is 3.35. The van der Waals surface area contributed by atoms with Crippen LogP contribution in [0.15, 0.2) is 53.3 Å². The second kappa shape index (κ2) is 6.66. The molecule has 1 amide bonds. The number of carbonyl (C=O) groups is 1. The third-order valence-electron chi connectivity index (χ3n) is 3.95. The first-order valence-electron chi connectivity index (χ1n) is 7.70. The molecule has 122 valence electrons. The average molecular weight is 324 g/mol. The van der Waals surface area contributed by atoms with E-state index in [1.165, 1.54) is 24.3 Å². The van der Waals surface area contributed by atoms with Crippen molar-refractivity contribution >= 4 is 16.8 Å². The molecule has 0 saturated carbocycles. The van der Waals surface area contributed by atoms with Crippen molar-refractivity contribution < 1.29 is 9.18 Å². The van der Waals surface area contributed by atoms with Crippen molar-refractivity contribution in [2.75, 3.05) is 6.54 Å². The highest BCUT2D eigenvalue weighted by molar-refractivity contribution is 5.94. The predicted octanol–water partition coefficient (Wildman–Crippen LogP) is 2.95. The SMILES string of the molecule is Cc1cccc2cc(CCNC(=O)c3ccc(F)cc3)c(=O)[nH]c12. The lowest BCUT2D eigenvalue weighted by atomic mass is 10.1. The largest absolute Gasteiger partial charge is 0.352 e. The molecule has 0 fully saturated rings. The normalized spacial score (nSPS) is 10.8. The van der Waals surface area contributed by atoms with Gasteiger partial charge in [0.15, 0.2) is 0 Å². The summed E-state index contributed by atoms with van der Waals surface area (Å²) in [6.45, 7) is 2.28. The van der Waals surface area contributed by atoms with Crippen molar-refractivity contribution in [1.29, 1.82) is 0 Å². The van der Waals surface area contributed by atoms with Crippen LogP contribution in [-0.2, 0) is 6.42 Å². The molecule has 3 rings (SSSR count). The van der Waals surface area contributed by atoms with Gasteiger partial charge in [0.05, 0.1) is 5.52 Å². The van der Waals surface area contributed by atoms with Crippen molar-refractivity contribution in [2.45, 2.75) is 13.3 Å². The van der Waals surface area contributed by atoms with Gasteiger partial charge in [0.1, 0.15) is 5.82 Å². The van der Waals surface area contributed by atoms with Crippen LogP contribution in [0.25, 0.3) is 10.9 Å². The highest BCUT2D eigenvalue weighted by Crippen LogP contribution is 2.15. The zero-order valence-electron chi connectivity index (χ0n) is 13.2. The Morgan fingerprint density at radius 3 is 2.67 bits per heavy atom. The zero-order valence-corrected chi connectivity index (χ0v) is 13.2. The van der Waals surface area contributed by atoms with Crippen molar-refractivity contribution in [3.8, 4) is 0 Å². The number of nitrogens with one attached hydrogen (secondary N) is 2. The number of para-hydroxylation sites is 1. The van der Waals surface area contributed by atoms with Gasteiger partial charge >= 0.3 is 0 Å². The molecule has 1 heterocycles. The number of benzene rings is 2. The highest BCUT2D eigenvalue weighted by atomic mass is 19.1. The maximum absolute atomic E-state index is 12.9. The lowest BCUT2D eigenvalue weighted by Gasteiger charge is -2.07. The fraction of sp³-hybridized carbons (Fsp3) is 0.158. The summed E-state index contributed by atoms with van der Waals surface area (Å²) in [5.74, 6) is -0.674. The molecule has 0 bridgehead atoms. The maximum atomic E-state index is 12.9. The van der Waals surface area contributed by atoms with Gasteiger partial charge in [0, 0.05) is 17.7 Å². The molecular weight excluding hydrogens is 307 g/mol. The Kier molecular flexibility index (Phi) is 4.42. The quantitative estimate of drug-likeness (QED) is 0.775. The number of pyridine rings is 1. The Morgan fingerprint density at radius 2 is 1.92 bits per heavy atom. The van der Waals surface area contributed by atoms with Crippen molar-refractivity contribution in [3.63, 3.8) is 0 Å². The Morgan fingerprint density at radius 1 is 1.17 bits per heavy atom. The summed E-state index contributed by atoms with van der Waals surface area (Å²) in [7, 11) is 0. The predicted molar refractivity (Wildman–Crippen MR) is 91.7 cm³/mol. The number of aryl methyl sites for hydroxylation is 1. The zero-order chi connectivity index (χ0) is 17.1. The van der Waals surface area contributed by atoms with Gasteiger partial charge in [-0.1, -0.05) is 18.2 Å². The first-order chi connectivity index (χ1) is 11.5.